The summed E-state index contributed by atoms with van der Waals surface area (Å²) in [5.74, 6) is 0.656. The van der Waals surface area contributed by atoms with Gasteiger partial charge in [-0.25, -0.2) is 18.1 Å². The number of imidazole rings is 1. The van der Waals surface area contributed by atoms with Crippen LogP contribution in [0.4, 0.5) is 0 Å². The molecule has 118 valence electrons. The number of rotatable bonds is 4. The minimum Gasteiger partial charge on any atom is -0.372 e. The molecule has 1 N–H and O–H groups in total. The van der Waals surface area contributed by atoms with E-state index in [1.54, 1.807) is 18.5 Å². The summed E-state index contributed by atoms with van der Waals surface area (Å²) >= 11 is 0. The van der Waals surface area contributed by atoms with Crippen molar-refractivity contribution in [3.8, 4) is 0 Å². The molecule has 7 heteroatoms. The van der Waals surface area contributed by atoms with E-state index >= 15 is 0 Å². The van der Waals surface area contributed by atoms with Gasteiger partial charge in [0.1, 0.15) is 5.82 Å². The number of aryl methyl sites for hydroxylation is 2. The monoisotopic (exact) mass is 321 g/mol. The molecule has 0 amide bonds. The van der Waals surface area contributed by atoms with Gasteiger partial charge < -0.3 is 9.30 Å². The SMILES string of the molecule is Cc1nc(S(=O)(=O)NCC2Cc3ccccc3CO2)cn1C. The van der Waals surface area contributed by atoms with Crippen LogP contribution in [0.25, 0.3) is 0 Å². The fraction of sp³-hybridized carbons (Fsp3) is 0.400. The Bertz CT molecular complexity index is 764. The third-order valence-electron chi connectivity index (χ3n) is 3.90. The lowest BCUT2D eigenvalue weighted by Gasteiger charge is -2.25. The third-order valence-corrected chi connectivity index (χ3v) is 5.20. The first-order valence-electron chi connectivity index (χ1n) is 7.14. The number of fused-ring (bicyclic) bond motifs is 1. The quantitative estimate of drug-likeness (QED) is 0.917. The van der Waals surface area contributed by atoms with Gasteiger partial charge in [0.2, 0.25) is 0 Å². The summed E-state index contributed by atoms with van der Waals surface area (Å²) < 4.78 is 34.5. The van der Waals surface area contributed by atoms with Gasteiger partial charge in [-0.3, -0.25) is 0 Å². The van der Waals surface area contributed by atoms with E-state index in [4.69, 9.17) is 4.74 Å². The maximum atomic E-state index is 12.2. The number of hydrogen-bond donors (Lipinski definition) is 1. The molecule has 1 aliphatic rings. The molecule has 2 aromatic rings. The molecule has 0 radical (unpaired) electrons. The smallest absolute Gasteiger partial charge is 0.259 e. The molecule has 0 aliphatic carbocycles. The Balaban J connectivity index is 1.66. The van der Waals surface area contributed by atoms with Gasteiger partial charge in [0.25, 0.3) is 10.0 Å². The molecule has 0 bridgehead atoms. The molecule has 0 saturated carbocycles. The molecule has 0 spiro atoms. The number of ether oxygens (including phenoxy) is 1. The van der Waals surface area contributed by atoms with Gasteiger partial charge in [-0.1, -0.05) is 24.3 Å². The molecule has 1 unspecified atom stereocenters. The summed E-state index contributed by atoms with van der Waals surface area (Å²) in [6, 6.07) is 8.06. The average molecular weight is 321 g/mol. The van der Waals surface area contributed by atoms with Gasteiger partial charge >= 0.3 is 0 Å². The molecule has 2 heterocycles. The minimum absolute atomic E-state index is 0.0451. The largest absolute Gasteiger partial charge is 0.372 e. The van der Waals surface area contributed by atoms with Crippen molar-refractivity contribution in [3.63, 3.8) is 0 Å². The predicted molar refractivity (Wildman–Crippen MR) is 81.9 cm³/mol. The van der Waals surface area contributed by atoms with Crippen LogP contribution >= 0.6 is 0 Å². The van der Waals surface area contributed by atoms with Crippen molar-refractivity contribution in [3.05, 3.63) is 47.4 Å². The zero-order valence-electron chi connectivity index (χ0n) is 12.6. The predicted octanol–water partition coefficient (Wildman–Crippen LogP) is 1.15. The number of nitrogens with zero attached hydrogens (tertiary/aromatic N) is 2. The zero-order chi connectivity index (χ0) is 15.7. The van der Waals surface area contributed by atoms with Crippen molar-refractivity contribution in [2.24, 2.45) is 7.05 Å². The molecular formula is C15H19N3O3S. The topological polar surface area (TPSA) is 73.2 Å². The lowest BCUT2D eigenvalue weighted by atomic mass is 9.99. The highest BCUT2D eigenvalue weighted by Gasteiger charge is 2.23. The fourth-order valence-electron chi connectivity index (χ4n) is 2.47. The first-order valence-corrected chi connectivity index (χ1v) is 8.62. The summed E-state index contributed by atoms with van der Waals surface area (Å²) in [6.45, 7) is 2.53. The molecule has 1 aliphatic heterocycles. The van der Waals surface area contributed by atoms with Gasteiger partial charge in [0.15, 0.2) is 5.03 Å². The number of aromatic nitrogens is 2. The van der Waals surface area contributed by atoms with Crippen LogP contribution in [0.3, 0.4) is 0 Å². The summed E-state index contributed by atoms with van der Waals surface area (Å²) in [7, 11) is -1.83. The van der Waals surface area contributed by atoms with E-state index in [-0.39, 0.29) is 17.7 Å². The van der Waals surface area contributed by atoms with Gasteiger partial charge in [0.05, 0.1) is 12.7 Å². The Morgan fingerprint density at radius 2 is 2.09 bits per heavy atom. The Morgan fingerprint density at radius 1 is 1.36 bits per heavy atom. The molecule has 22 heavy (non-hydrogen) atoms. The highest BCUT2D eigenvalue weighted by molar-refractivity contribution is 7.89. The van der Waals surface area contributed by atoms with Crippen LogP contribution in [0, 0.1) is 6.92 Å². The maximum Gasteiger partial charge on any atom is 0.259 e. The Kier molecular flexibility index (Phi) is 4.03. The van der Waals surface area contributed by atoms with Crippen molar-refractivity contribution in [1.82, 2.24) is 14.3 Å². The highest BCUT2D eigenvalue weighted by Crippen LogP contribution is 2.20. The minimum atomic E-state index is -3.60. The summed E-state index contributed by atoms with van der Waals surface area (Å²) in [4.78, 5) is 4.05. The normalized spacial score (nSPS) is 18.2. The van der Waals surface area contributed by atoms with Gasteiger partial charge in [0, 0.05) is 26.2 Å². The van der Waals surface area contributed by atoms with Crippen molar-refractivity contribution in [1.29, 1.82) is 0 Å². The molecule has 3 rings (SSSR count). The highest BCUT2D eigenvalue weighted by atomic mass is 32.2. The Morgan fingerprint density at radius 3 is 2.77 bits per heavy atom. The van der Waals surface area contributed by atoms with Crippen LogP contribution < -0.4 is 4.72 Å². The fourth-order valence-corrected chi connectivity index (χ4v) is 3.58. The second-order valence-electron chi connectivity index (χ2n) is 5.50. The lowest BCUT2D eigenvalue weighted by Crippen LogP contribution is -2.36. The van der Waals surface area contributed by atoms with E-state index in [9.17, 15) is 8.42 Å². The summed E-state index contributed by atoms with van der Waals surface area (Å²) in [5, 5.41) is 0.0451. The molecule has 1 aromatic carbocycles. The molecule has 1 aromatic heterocycles. The third kappa shape index (κ3) is 3.06. The maximum absolute atomic E-state index is 12.2. The van der Waals surface area contributed by atoms with Crippen molar-refractivity contribution < 1.29 is 13.2 Å². The first kappa shape index (κ1) is 15.2. The van der Waals surface area contributed by atoms with Gasteiger partial charge in [-0.15, -0.1) is 0 Å². The van der Waals surface area contributed by atoms with E-state index in [0.717, 1.165) is 0 Å². The number of sulfonamides is 1. The standard InChI is InChI=1S/C15H19N3O3S/c1-11-17-15(9-18(11)2)22(19,20)16-8-14-7-12-5-3-4-6-13(12)10-21-14/h3-6,9,14,16H,7-8,10H2,1-2H3. The molecule has 0 fully saturated rings. The first-order chi connectivity index (χ1) is 10.5. The van der Waals surface area contributed by atoms with Crippen LogP contribution in [0.1, 0.15) is 17.0 Å². The number of benzene rings is 1. The average Bonchev–Trinajstić information content (AvgIpc) is 2.85. The lowest BCUT2D eigenvalue weighted by molar-refractivity contribution is 0.0322. The van der Waals surface area contributed by atoms with Crippen molar-refractivity contribution in [2.75, 3.05) is 6.54 Å². The molecular weight excluding hydrogens is 302 g/mol. The van der Waals surface area contributed by atoms with Crippen molar-refractivity contribution >= 4 is 10.0 Å². The Labute approximate surface area is 130 Å². The molecule has 1 atom stereocenters. The second kappa shape index (κ2) is 5.83. The molecule has 0 saturated heterocycles. The van der Waals surface area contributed by atoms with Crippen LogP contribution in [0.5, 0.6) is 0 Å². The summed E-state index contributed by atoms with van der Waals surface area (Å²) in [5.41, 5.74) is 2.38. The van der Waals surface area contributed by atoms with E-state index in [1.165, 1.54) is 17.3 Å². The van der Waals surface area contributed by atoms with E-state index in [1.807, 2.05) is 18.2 Å². The van der Waals surface area contributed by atoms with E-state index in [0.29, 0.717) is 18.9 Å². The van der Waals surface area contributed by atoms with Gasteiger partial charge in [-0.2, -0.15) is 0 Å². The Hall–Kier alpha value is -1.70. The van der Waals surface area contributed by atoms with Gasteiger partial charge in [-0.05, 0) is 18.1 Å². The number of hydrogen-bond acceptors (Lipinski definition) is 4. The zero-order valence-corrected chi connectivity index (χ0v) is 13.4. The van der Waals surface area contributed by atoms with Crippen molar-refractivity contribution in [2.45, 2.75) is 31.1 Å². The van der Waals surface area contributed by atoms with Crippen LogP contribution in [0.15, 0.2) is 35.5 Å². The van der Waals surface area contributed by atoms with E-state index in [2.05, 4.69) is 15.8 Å². The van der Waals surface area contributed by atoms with Crippen LogP contribution in [-0.4, -0.2) is 30.6 Å². The van der Waals surface area contributed by atoms with E-state index < -0.39 is 10.0 Å². The second-order valence-corrected chi connectivity index (χ2v) is 7.21. The summed E-state index contributed by atoms with van der Waals surface area (Å²) in [6.07, 6.45) is 2.06. The van der Waals surface area contributed by atoms with Crippen LogP contribution in [-0.2, 0) is 34.8 Å². The number of nitrogens with one attached hydrogen (secondary N) is 1. The van der Waals surface area contributed by atoms with Crippen LogP contribution in [0.2, 0.25) is 0 Å². The molecule has 6 nitrogen and oxygen atoms in total.